The summed E-state index contributed by atoms with van der Waals surface area (Å²) >= 11 is 5.99. The molecule has 16 heavy (non-hydrogen) atoms. The molecule has 3 N–H and O–H groups in total. The van der Waals surface area contributed by atoms with Crippen LogP contribution < -0.4 is 10.7 Å². The fourth-order valence-electron chi connectivity index (χ4n) is 2.52. The van der Waals surface area contributed by atoms with Gasteiger partial charge in [0.05, 0.1) is 11.1 Å². The highest BCUT2D eigenvalue weighted by Crippen LogP contribution is 2.29. The van der Waals surface area contributed by atoms with Gasteiger partial charge < -0.3 is 5.73 Å². The molecule has 0 spiro atoms. The number of nitrogen functional groups attached to an aromatic ring is 1. The van der Waals surface area contributed by atoms with Crippen LogP contribution in [0.5, 0.6) is 0 Å². The van der Waals surface area contributed by atoms with Gasteiger partial charge in [-0.3, -0.25) is 0 Å². The predicted molar refractivity (Wildman–Crippen MR) is 66.6 cm³/mol. The summed E-state index contributed by atoms with van der Waals surface area (Å²) in [5.74, 6) is 0. The van der Waals surface area contributed by atoms with Crippen molar-refractivity contribution in [3.8, 4) is 0 Å². The average molecular weight is 234 g/mol. The number of aryl methyl sites for hydroxylation is 1. The first kappa shape index (κ1) is 9.91. The van der Waals surface area contributed by atoms with Gasteiger partial charge in [0.15, 0.2) is 5.69 Å². The zero-order chi connectivity index (χ0) is 11.1. The molecule has 0 saturated carbocycles. The zero-order valence-corrected chi connectivity index (χ0v) is 9.77. The minimum atomic E-state index is 0.749. The Kier molecular flexibility index (Phi) is 2.25. The van der Waals surface area contributed by atoms with Crippen molar-refractivity contribution in [1.82, 2.24) is 0 Å². The Hall–Kier alpha value is -1.28. The normalized spacial score (nSPS) is 15.1. The largest absolute Gasteiger partial charge is 0.398 e. The number of nitrogens with two attached hydrogens (primary N) is 1. The van der Waals surface area contributed by atoms with E-state index in [9.17, 15) is 0 Å². The molecule has 0 unspecified atom stereocenters. The van der Waals surface area contributed by atoms with E-state index in [4.69, 9.17) is 17.3 Å². The number of aromatic nitrogens is 1. The molecule has 3 heteroatoms. The lowest BCUT2D eigenvalue weighted by Gasteiger charge is -2.14. The van der Waals surface area contributed by atoms with Crippen LogP contribution in [0.3, 0.4) is 0 Å². The van der Waals surface area contributed by atoms with Gasteiger partial charge in [-0.25, -0.2) is 4.98 Å². The number of hydrogen-bond acceptors (Lipinski definition) is 1. The van der Waals surface area contributed by atoms with E-state index in [1.807, 2.05) is 18.2 Å². The number of H-pyrrole nitrogens is 1. The molecule has 1 aliphatic rings. The van der Waals surface area contributed by atoms with Crippen molar-refractivity contribution in [3.63, 3.8) is 0 Å². The van der Waals surface area contributed by atoms with Crippen molar-refractivity contribution in [2.75, 3.05) is 5.73 Å². The Morgan fingerprint density at radius 2 is 2.00 bits per heavy atom. The summed E-state index contributed by atoms with van der Waals surface area (Å²) < 4.78 is 0. The molecule has 2 aromatic rings. The number of nitrogens with one attached hydrogen (secondary N) is 1. The lowest BCUT2D eigenvalue weighted by molar-refractivity contribution is -0.359. The summed E-state index contributed by atoms with van der Waals surface area (Å²) in [6, 6.07) is 5.84. The first-order valence-corrected chi connectivity index (χ1v) is 6.05. The van der Waals surface area contributed by atoms with Crippen LogP contribution in [0.15, 0.2) is 18.2 Å². The molecule has 1 aliphatic carbocycles. The first-order chi connectivity index (χ1) is 7.75. The van der Waals surface area contributed by atoms with Crippen LogP contribution in [0.25, 0.3) is 10.9 Å². The third-order valence-electron chi connectivity index (χ3n) is 3.35. The number of hydrogen-bond donors (Lipinski definition) is 1. The van der Waals surface area contributed by atoms with E-state index in [1.54, 1.807) is 0 Å². The molecule has 0 aliphatic heterocycles. The summed E-state index contributed by atoms with van der Waals surface area (Å²) in [4.78, 5) is 3.46. The zero-order valence-electron chi connectivity index (χ0n) is 9.02. The summed E-state index contributed by atoms with van der Waals surface area (Å²) in [5, 5.41) is 1.84. The van der Waals surface area contributed by atoms with Gasteiger partial charge in [-0.1, -0.05) is 11.6 Å². The SMILES string of the molecule is Nc1c2c([nH+]c3cc(Cl)ccc13)CCCC2. The number of pyridine rings is 1. The average Bonchev–Trinajstić information content (AvgIpc) is 2.29. The van der Waals surface area contributed by atoms with Gasteiger partial charge in [0.1, 0.15) is 0 Å². The van der Waals surface area contributed by atoms with Crippen molar-refractivity contribution in [2.45, 2.75) is 25.7 Å². The second-order valence-corrected chi connectivity index (χ2v) is 4.83. The maximum Gasteiger partial charge on any atom is 0.214 e. The van der Waals surface area contributed by atoms with E-state index in [0.29, 0.717) is 0 Å². The van der Waals surface area contributed by atoms with E-state index < -0.39 is 0 Å². The first-order valence-electron chi connectivity index (χ1n) is 5.67. The third-order valence-corrected chi connectivity index (χ3v) is 3.59. The van der Waals surface area contributed by atoms with E-state index in [2.05, 4.69) is 4.98 Å². The van der Waals surface area contributed by atoms with Crippen molar-refractivity contribution >= 4 is 28.2 Å². The Labute approximate surface area is 99.4 Å². The number of fused-ring (bicyclic) bond motifs is 2. The Balaban J connectivity index is 2.34. The van der Waals surface area contributed by atoms with Crippen molar-refractivity contribution in [1.29, 1.82) is 0 Å². The monoisotopic (exact) mass is 233 g/mol. The molecule has 0 radical (unpaired) electrons. The van der Waals surface area contributed by atoms with Crippen LogP contribution in [0.2, 0.25) is 5.02 Å². The molecular formula is C13H14ClN2+. The fourth-order valence-corrected chi connectivity index (χ4v) is 2.69. The molecule has 82 valence electrons. The topological polar surface area (TPSA) is 40.2 Å². The van der Waals surface area contributed by atoms with Gasteiger partial charge in [0.2, 0.25) is 5.52 Å². The fraction of sp³-hybridized carbons (Fsp3) is 0.308. The van der Waals surface area contributed by atoms with Gasteiger partial charge in [-0.05, 0) is 31.4 Å². The second kappa shape index (κ2) is 3.63. The maximum absolute atomic E-state index is 6.23. The van der Waals surface area contributed by atoms with Gasteiger partial charge in [-0.2, -0.15) is 0 Å². The van der Waals surface area contributed by atoms with Crippen LogP contribution in [0.1, 0.15) is 24.1 Å². The number of aromatic amines is 1. The highest BCUT2D eigenvalue weighted by molar-refractivity contribution is 6.31. The van der Waals surface area contributed by atoms with E-state index >= 15 is 0 Å². The molecule has 0 fully saturated rings. The van der Waals surface area contributed by atoms with Gasteiger partial charge >= 0.3 is 0 Å². The van der Waals surface area contributed by atoms with Crippen molar-refractivity contribution in [3.05, 3.63) is 34.5 Å². The standard InChI is InChI=1S/C13H13ClN2/c14-8-5-6-10-12(7-8)16-11-4-2-1-3-9(11)13(10)15/h5-7H,1-4H2,(H2,15,16)/p+1. The lowest BCUT2D eigenvalue weighted by Crippen LogP contribution is -2.20. The second-order valence-electron chi connectivity index (χ2n) is 4.39. The van der Waals surface area contributed by atoms with Crippen LogP contribution in [0, 0.1) is 0 Å². The summed E-state index contributed by atoms with van der Waals surface area (Å²) in [5.41, 5.74) is 10.8. The van der Waals surface area contributed by atoms with Crippen molar-refractivity contribution < 1.29 is 4.98 Å². The number of rotatable bonds is 0. The molecule has 2 nitrogen and oxygen atoms in total. The minimum Gasteiger partial charge on any atom is -0.398 e. The van der Waals surface area contributed by atoms with E-state index in [-0.39, 0.29) is 0 Å². The summed E-state index contributed by atoms with van der Waals surface area (Å²) in [7, 11) is 0. The van der Waals surface area contributed by atoms with Crippen LogP contribution >= 0.6 is 11.6 Å². The number of anilines is 1. The lowest BCUT2D eigenvalue weighted by atomic mass is 9.93. The van der Waals surface area contributed by atoms with E-state index in [0.717, 1.165) is 34.5 Å². The summed E-state index contributed by atoms with van der Waals surface area (Å²) in [6.07, 6.45) is 4.68. The molecule has 0 saturated heterocycles. The maximum atomic E-state index is 6.23. The molecule has 0 amide bonds. The molecule has 0 atom stereocenters. The quantitative estimate of drug-likeness (QED) is 0.747. The third kappa shape index (κ3) is 1.45. The smallest absolute Gasteiger partial charge is 0.214 e. The van der Waals surface area contributed by atoms with Gasteiger partial charge in [-0.15, -0.1) is 0 Å². The van der Waals surface area contributed by atoms with Crippen LogP contribution in [0.4, 0.5) is 5.69 Å². The van der Waals surface area contributed by atoms with E-state index in [1.165, 1.54) is 24.1 Å². The molecule has 1 aromatic heterocycles. The van der Waals surface area contributed by atoms with Gasteiger partial charge in [0, 0.05) is 23.1 Å². The molecule has 1 aromatic carbocycles. The Morgan fingerprint density at radius 3 is 2.88 bits per heavy atom. The molecule has 3 rings (SSSR count). The molecule has 1 heterocycles. The Morgan fingerprint density at radius 1 is 1.19 bits per heavy atom. The van der Waals surface area contributed by atoms with Crippen LogP contribution in [-0.4, -0.2) is 0 Å². The van der Waals surface area contributed by atoms with Crippen LogP contribution in [-0.2, 0) is 12.8 Å². The molecule has 0 bridgehead atoms. The highest BCUT2D eigenvalue weighted by Gasteiger charge is 2.21. The summed E-state index contributed by atoms with van der Waals surface area (Å²) in [6.45, 7) is 0. The van der Waals surface area contributed by atoms with Crippen molar-refractivity contribution in [2.24, 2.45) is 0 Å². The van der Waals surface area contributed by atoms with Gasteiger partial charge in [0.25, 0.3) is 0 Å². The highest BCUT2D eigenvalue weighted by atomic mass is 35.5. The minimum absolute atomic E-state index is 0.749. The number of halogens is 1. The Bertz CT molecular complexity index is 563. The molecular weight excluding hydrogens is 220 g/mol. The predicted octanol–water partition coefficient (Wildman–Crippen LogP) is 2.77. The number of benzene rings is 1.